The Morgan fingerprint density at radius 3 is 2.71 bits per heavy atom. The number of guanidine groups is 1. The van der Waals surface area contributed by atoms with Gasteiger partial charge in [-0.1, -0.05) is 12.1 Å². The molecule has 2 rings (SSSR count). The summed E-state index contributed by atoms with van der Waals surface area (Å²) >= 11 is 1.69. The Kier molecular flexibility index (Phi) is 12.1. The number of nitrogens with zero attached hydrogens (tertiary/aromatic N) is 2. The average Bonchev–Trinajstić information content (AvgIpc) is 3.07. The van der Waals surface area contributed by atoms with Crippen LogP contribution in [0, 0.1) is 13.8 Å². The highest BCUT2D eigenvalue weighted by Crippen LogP contribution is 2.21. The smallest absolute Gasteiger partial charge is 0.191 e. The number of aryl methyl sites for hydroxylation is 2. The topological polar surface area (TPSA) is 67.8 Å². The Hall–Kier alpha value is -1.39. The Bertz CT molecular complexity index is 737. The van der Waals surface area contributed by atoms with Crippen LogP contribution in [-0.4, -0.2) is 37.8 Å². The number of aromatic nitrogens is 1. The summed E-state index contributed by atoms with van der Waals surface area (Å²) in [5.74, 6) is 1.66. The van der Waals surface area contributed by atoms with Crippen molar-refractivity contribution in [2.24, 2.45) is 4.99 Å². The number of methoxy groups -OCH3 is 1. The summed E-state index contributed by atoms with van der Waals surface area (Å²) in [5.41, 5.74) is 2.24. The number of benzene rings is 1. The van der Waals surface area contributed by atoms with E-state index in [9.17, 15) is 0 Å². The van der Waals surface area contributed by atoms with Crippen molar-refractivity contribution >= 4 is 41.3 Å². The molecule has 0 radical (unpaired) electrons. The molecule has 0 saturated heterocycles. The number of hydrogen-bond acceptors (Lipinski definition) is 5. The quantitative estimate of drug-likeness (QED) is 0.215. The summed E-state index contributed by atoms with van der Waals surface area (Å²) in [6, 6.07) is 6.24. The highest BCUT2D eigenvalue weighted by atomic mass is 127. The molecule has 0 aliphatic heterocycles. The molecule has 1 aromatic carbocycles. The van der Waals surface area contributed by atoms with E-state index in [1.807, 2.05) is 6.20 Å². The van der Waals surface area contributed by atoms with Gasteiger partial charge >= 0.3 is 0 Å². The fourth-order valence-electron chi connectivity index (χ4n) is 2.46. The number of hydrogen-bond donors (Lipinski definition) is 2. The van der Waals surface area contributed by atoms with Crippen molar-refractivity contribution in [2.75, 3.05) is 26.9 Å². The molecular weight excluding hydrogens is 487 g/mol. The number of aliphatic imine (C=N–C) groups is 1. The van der Waals surface area contributed by atoms with Crippen LogP contribution in [0.1, 0.15) is 34.4 Å². The van der Waals surface area contributed by atoms with E-state index in [2.05, 4.69) is 54.6 Å². The summed E-state index contributed by atoms with van der Waals surface area (Å²) in [5, 5.41) is 7.67. The molecule has 0 amide bonds. The fourth-order valence-corrected chi connectivity index (χ4v) is 3.19. The second-order valence-electron chi connectivity index (χ2n) is 6.22. The highest BCUT2D eigenvalue weighted by molar-refractivity contribution is 14.0. The Balaban J connectivity index is 0.00000392. The summed E-state index contributed by atoms with van der Waals surface area (Å²) in [6.45, 7) is 9.53. The molecule has 6 nitrogen and oxygen atoms in total. The van der Waals surface area contributed by atoms with Crippen LogP contribution in [0.25, 0.3) is 0 Å². The molecule has 1 aromatic heterocycles. The minimum Gasteiger partial charge on any atom is -0.493 e. The average molecular weight is 518 g/mol. The lowest BCUT2D eigenvalue weighted by molar-refractivity contribution is 0.172. The van der Waals surface area contributed by atoms with Gasteiger partial charge in [-0.3, -0.25) is 0 Å². The molecule has 0 saturated carbocycles. The SMILES string of the molecule is CCNC(=NCc1ccc(C)cc1OCCCOC)NCc1ncc(C)s1.I. The molecule has 2 N–H and O–H groups in total. The number of nitrogens with one attached hydrogen (secondary N) is 2. The molecule has 0 unspecified atom stereocenters. The first-order chi connectivity index (χ1) is 13.1. The van der Waals surface area contributed by atoms with Gasteiger partial charge in [0.25, 0.3) is 0 Å². The maximum absolute atomic E-state index is 5.95. The van der Waals surface area contributed by atoms with Gasteiger partial charge < -0.3 is 20.1 Å². The summed E-state index contributed by atoms with van der Waals surface area (Å²) in [6.07, 6.45) is 2.76. The largest absolute Gasteiger partial charge is 0.493 e. The van der Waals surface area contributed by atoms with Gasteiger partial charge in [0.15, 0.2) is 5.96 Å². The minimum atomic E-state index is 0. The second-order valence-corrected chi connectivity index (χ2v) is 7.54. The Labute approximate surface area is 189 Å². The third-order valence-corrected chi connectivity index (χ3v) is 4.71. The van der Waals surface area contributed by atoms with E-state index < -0.39 is 0 Å². The summed E-state index contributed by atoms with van der Waals surface area (Å²) in [4.78, 5) is 10.3. The Morgan fingerprint density at radius 2 is 2.04 bits per heavy atom. The van der Waals surface area contributed by atoms with Gasteiger partial charge in [-0.2, -0.15) is 0 Å². The highest BCUT2D eigenvalue weighted by Gasteiger charge is 2.06. The molecule has 0 aliphatic carbocycles. The first-order valence-corrected chi connectivity index (χ1v) is 10.1. The Morgan fingerprint density at radius 1 is 1.21 bits per heavy atom. The molecule has 28 heavy (non-hydrogen) atoms. The molecule has 0 atom stereocenters. The number of halogens is 1. The predicted octanol–water partition coefficient (Wildman–Crippen LogP) is 4.05. The summed E-state index contributed by atoms with van der Waals surface area (Å²) < 4.78 is 11.0. The van der Waals surface area contributed by atoms with Crippen LogP contribution >= 0.6 is 35.3 Å². The van der Waals surface area contributed by atoms with Crippen LogP contribution in [0.4, 0.5) is 0 Å². The van der Waals surface area contributed by atoms with E-state index in [4.69, 9.17) is 14.5 Å². The number of ether oxygens (including phenoxy) is 2. The minimum absolute atomic E-state index is 0. The van der Waals surface area contributed by atoms with Gasteiger partial charge in [-0.05, 0) is 32.4 Å². The number of rotatable bonds is 10. The van der Waals surface area contributed by atoms with E-state index in [0.717, 1.165) is 35.2 Å². The fraction of sp³-hybridized carbons (Fsp3) is 0.500. The van der Waals surface area contributed by atoms with Gasteiger partial charge in [0.1, 0.15) is 10.8 Å². The second kappa shape index (κ2) is 13.7. The third-order valence-electron chi connectivity index (χ3n) is 3.80. The van der Waals surface area contributed by atoms with Crippen LogP contribution in [0.2, 0.25) is 0 Å². The van der Waals surface area contributed by atoms with Crippen molar-refractivity contribution in [1.82, 2.24) is 15.6 Å². The van der Waals surface area contributed by atoms with Crippen LogP contribution in [-0.2, 0) is 17.8 Å². The van der Waals surface area contributed by atoms with Crippen molar-refractivity contribution in [1.29, 1.82) is 0 Å². The van der Waals surface area contributed by atoms with Gasteiger partial charge in [0, 0.05) is 43.3 Å². The van der Waals surface area contributed by atoms with E-state index in [1.54, 1.807) is 18.4 Å². The normalized spacial score (nSPS) is 11.1. The molecular formula is C20H31IN4O2S. The standard InChI is InChI=1S/C20H30N4O2S.HI/c1-5-21-20(24-14-19-22-12-16(3)27-19)23-13-17-8-7-15(2)11-18(17)26-10-6-9-25-4;/h7-8,11-12H,5-6,9-10,13-14H2,1-4H3,(H2,21,23,24);1H. The molecule has 156 valence electrons. The van der Waals surface area contributed by atoms with Gasteiger partial charge in [-0.25, -0.2) is 9.98 Å². The monoisotopic (exact) mass is 518 g/mol. The van der Waals surface area contributed by atoms with Crippen LogP contribution in [0.15, 0.2) is 29.4 Å². The molecule has 0 bridgehead atoms. The van der Waals surface area contributed by atoms with Crippen molar-refractivity contribution in [3.8, 4) is 5.75 Å². The van der Waals surface area contributed by atoms with Gasteiger partial charge in [-0.15, -0.1) is 35.3 Å². The molecule has 0 fully saturated rings. The zero-order valence-electron chi connectivity index (χ0n) is 17.1. The summed E-state index contributed by atoms with van der Waals surface area (Å²) in [7, 11) is 1.70. The zero-order valence-corrected chi connectivity index (χ0v) is 20.2. The van der Waals surface area contributed by atoms with Crippen molar-refractivity contribution in [3.05, 3.63) is 45.4 Å². The van der Waals surface area contributed by atoms with Crippen molar-refractivity contribution in [3.63, 3.8) is 0 Å². The molecule has 0 spiro atoms. The van der Waals surface area contributed by atoms with Gasteiger partial charge in [0.2, 0.25) is 0 Å². The van der Waals surface area contributed by atoms with Gasteiger partial charge in [0.05, 0.1) is 19.7 Å². The molecule has 2 aromatic rings. The number of thiazole rings is 1. The predicted molar refractivity (Wildman–Crippen MR) is 127 cm³/mol. The first kappa shape index (κ1) is 24.6. The first-order valence-electron chi connectivity index (χ1n) is 9.27. The third kappa shape index (κ3) is 8.74. The lowest BCUT2D eigenvalue weighted by Gasteiger charge is -2.13. The lowest BCUT2D eigenvalue weighted by atomic mass is 10.1. The maximum atomic E-state index is 5.95. The van der Waals surface area contributed by atoms with E-state index in [0.29, 0.717) is 26.3 Å². The van der Waals surface area contributed by atoms with Crippen molar-refractivity contribution in [2.45, 2.75) is 40.3 Å². The van der Waals surface area contributed by atoms with E-state index in [1.165, 1.54) is 10.4 Å². The zero-order chi connectivity index (χ0) is 19.5. The molecule has 0 aliphatic rings. The van der Waals surface area contributed by atoms with Crippen LogP contribution in [0.5, 0.6) is 5.75 Å². The molecule has 1 heterocycles. The van der Waals surface area contributed by atoms with Crippen LogP contribution < -0.4 is 15.4 Å². The van der Waals surface area contributed by atoms with E-state index in [-0.39, 0.29) is 24.0 Å². The maximum Gasteiger partial charge on any atom is 0.191 e. The van der Waals surface area contributed by atoms with E-state index >= 15 is 0 Å². The molecule has 8 heteroatoms. The van der Waals surface area contributed by atoms with Crippen molar-refractivity contribution < 1.29 is 9.47 Å². The van der Waals surface area contributed by atoms with Crippen LogP contribution in [0.3, 0.4) is 0 Å². The lowest BCUT2D eigenvalue weighted by Crippen LogP contribution is -2.36.